The molecular weight excluding hydrogens is 397 g/mol. The number of halogens is 1. The van der Waals surface area contributed by atoms with E-state index in [-0.39, 0.29) is 17.4 Å². The summed E-state index contributed by atoms with van der Waals surface area (Å²) in [4.78, 5) is 40.2. The highest BCUT2D eigenvalue weighted by atomic mass is 32.2. The lowest BCUT2D eigenvalue weighted by Crippen LogP contribution is -2.46. The van der Waals surface area contributed by atoms with Crippen molar-refractivity contribution in [1.29, 1.82) is 0 Å². The summed E-state index contributed by atoms with van der Waals surface area (Å²) >= 11 is 0.773. The maximum Gasteiger partial charge on any atom is 0.294 e. The van der Waals surface area contributed by atoms with Crippen LogP contribution in [0.4, 0.5) is 9.18 Å². The van der Waals surface area contributed by atoms with Gasteiger partial charge in [-0.05, 0) is 42.1 Å². The van der Waals surface area contributed by atoms with Crippen LogP contribution in [0, 0.1) is 5.82 Å². The molecule has 0 bridgehead atoms. The van der Waals surface area contributed by atoms with Gasteiger partial charge in [0.05, 0.1) is 23.8 Å². The van der Waals surface area contributed by atoms with Crippen LogP contribution in [0.15, 0.2) is 47.5 Å². The van der Waals surface area contributed by atoms with E-state index in [1.54, 1.807) is 46.0 Å². The molecule has 2 aliphatic heterocycles. The second-order valence-electron chi connectivity index (χ2n) is 6.52. The van der Waals surface area contributed by atoms with Crippen LogP contribution in [0.3, 0.4) is 0 Å². The van der Waals surface area contributed by atoms with E-state index in [0.29, 0.717) is 37.7 Å². The quantitative estimate of drug-likeness (QED) is 0.718. The molecule has 4 rings (SSSR count). The maximum atomic E-state index is 14.1. The second kappa shape index (κ2) is 8.22. The van der Waals surface area contributed by atoms with E-state index in [9.17, 15) is 18.8 Å². The summed E-state index contributed by atoms with van der Waals surface area (Å²) in [6, 6.07) is 9.74. The van der Waals surface area contributed by atoms with Crippen LogP contribution in [0.25, 0.3) is 11.8 Å². The van der Waals surface area contributed by atoms with Gasteiger partial charge in [-0.15, -0.1) is 0 Å². The molecule has 7 nitrogen and oxygen atoms in total. The molecule has 150 valence electrons. The number of hydrogen-bond donors (Lipinski definition) is 0. The van der Waals surface area contributed by atoms with Crippen molar-refractivity contribution in [3.63, 3.8) is 0 Å². The Morgan fingerprint density at radius 2 is 1.90 bits per heavy atom. The van der Waals surface area contributed by atoms with Gasteiger partial charge in [-0.3, -0.25) is 19.3 Å². The maximum absolute atomic E-state index is 14.1. The van der Waals surface area contributed by atoms with Gasteiger partial charge in [0, 0.05) is 25.0 Å². The van der Waals surface area contributed by atoms with Crippen molar-refractivity contribution in [2.75, 3.05) is 32.8 Å². The Balaban J connectivity index is 1.54. The molecule has 0 saturated carbocycles. The van der Waals surface area contributed by atoms with Gasteiger partial charge in [-0.1, -0.05) is 12.1 Å². The number of rotatable bonds is 4. The van der Waals surface area contributed by atoms with E-state index in [4.69, 9.17) is 4.74 Å². The molecule has 2 aromatic rings. The Morgan fingerprint density at radius 1 is 1.14 bits per heavy atom. The molecule has 0 atom stereocenters. The van der Waals surface area contributed by atoms with Crippen LogP contribution in [0.5, 0.6) is 0 Å². The highest BCUT2D eigenvalue weighted by molar-refractivity contribution is 8.18. The topological polar surface area (TPSA) is 71.9 Å². The minimum absolute atomic E-state index is 0.195. The van der Waals surface area contributed by atoms with E-state index in [1.165, 1.54) is 12.1 Å². The molecular formula is C20H18FN3O4S. The number of amides is 3. The predicted molar refractivity (Wildman–Crippen MR) is 106 cm³/mol. The summed E-state index contributed by atoms with van der Waals surface area (Å²) in [6.07, 6.45) is 3.22. The number of benzene rings is 1. The van der Waals surface area contributed by atoms with Gasteiger partial charge in [0.2, 0.25) is 5.91 Å². The monoisotopic (exact) mass is 415 g/mol. The molecule has 2 aliphatic rings. The summed E-state index contributed by atoms with van der Waals surface area (Å²) < 4.78 is 21.0. The Hall–Kier alpha value is -2.91. The number of carbonyl (C=O) groups excluding carboxylic acids is 3. The molecule has 0 aliphatic carbocycles. The van der Waals surface area contributed by atoms with Gasteiger partial charge < -0.3 is 14.2 Å². The number of ether oxygens (including phenoxy) is 1. The Labute approximate surface area is 170 Å². The minimum atomic E-state index is -0.525. The molecule has 1 aromatic heterocycles. The number of aromatic nitrogens is 1. The van der Waals surface area contributed by atoms with Crippen molar-refractivity contribution in [3.05, 3.63) is 59.0 Å². The summed E-state index contributed by atoms with van der Waals surface area (Å²) in [5.41, 5.74) is 0.894. The number of morpholine rings is 1. The third-order valence-electron chi connectivity index (χ3n) is 4.70. The first kappa shape index (κ1) is 19.4. The normalized spacial score (nSPS) is 18.7. The van der Waals surface area contributed by atoms with Gasteiger partial charge in [0.1, 0.15) is 12.4 Å². The molecule has 9 heteroatoms. The third kappa shape index (κ3) is 3.96. The summed E-state index contributed by atoms with van der Waals surface area (Å²) in [5, 5.41) is -0.494. The van der Waals surface area contributed by atoms with Gasteiger partial charge in [0.15, 0.2) is 0 Å². The number of imide groups is 1. The van der Waals surface area contributed by atoms with Crippen molar-refractivity contribution in [3.8, 4) is 5.69 Å². The number of thioether (sulfide) groups is 1. The van der Waals surface area contributed by atoms with Crippen LogP contribution in [-0.4, -0.2) is 64.3 Å². The zero-order chi connectivity index (χ0) is 20.4. The first-order valence-corrected chi connectivity index (χ1v) is 9.89. The standard InChI is InChI=1S/C20H18FN3O4S/c21-15-5-1-2-6-16(15)23-7-3-4-14(23)12-17-19(26)24(20(27)29-17)13-18(25)22-8-10-28-11-9-22/h1-7,12H,8-11,13H2. The summed E-state index contributed by atoms with van der Waals surface area (Å²) in [5.74, 6) is -1.21. The fourth-order valence-electron chi connectivity index (χ4n) is 3.20. The van der Waals surface area contributed by atoms with E-state index in [2.05, 4.69) is 0 Å². The van der Waals surface area contributed by atoms with Gasteiger partial charge in [-0.25, -0.2) is 4.39 Å². The zero-order valence-electron chi connectivity index (χ0n) is 15.4. The Bertz CT molecular complexity index is 997. The van der Waals surface area contributed by atoms with Crippen LogP contribution in [-0.2, 0) is 14.3 Å². The first-order chi connectivity index (χ1) is 14.0. The van der Waals surface area contributed by atoms with Crippen molar-refractivity contribution >= 4 is 34.9 Å². The lowest BCUT2D eigenvalue weighted by Gasteiger charge is -2.28. The van der Waals surface area contributed by atoms with Crippen LogP contribution < -0.4 is 0 Å². The highest BCUT2D eigenvalue weighted by Crippen LogP contribution is 2.32. The van der Waals surface area contributed by atoms with Crippen LogP contribution in [0.1, 0.15) is 5.69 Å². The van der Waals surface area contributed by atoms with Gasteiger partial charge >= 0.3 is 0 Å². The smallest absolute Gasteiger partial charge is 0.294 e. The molecule has 29 heavy (non-hydrogen) atoms. The fraction of sp³-hybridized carbons (Fsp3) is 0.250. The number of carbonyl (C=O) groups is 3. The largest absolute Gasteiger partial charge is 0.378 e. The molecule has 2 fully saturated rings. The summed E-state index contributed by atoms with van der Waals surface area (Å²) in [6.45, 7) is 1.49. The second-order valence-corrected chi connectivity index (χ2v) is 7.51. The molecule has 0 unspecified atom stereocenters. The third-order valence-corrected chi connectivity index (χ3v) is 5.61. The lowest BCUT2D eigenvalue weighted by molar-refractivity contribution is -0.139. The molecule has 0 radical (unpaired) electrons. The van der Waals surface area contributed by atoms with Crippen LogP contribution >= 0.6 is 11.8 Å². The number of nitrogens with zero attached hydrogens (tertiary/aromatic N) is 3. The lowest BCUT2D eigenvalue weighted by atomic mass is 10.3. The van der Waals surface area contributed by atoms with E-state index < -0.39 is 17.0 Å². The SMILES string of the molecule is O=C(CN1C(=O)SC(=Cc2cccn2-c2ccccc2F)C1=O)N1CCOCC1. The first-order valence-electron chi connectivity index (χ1n) is 9.08. The molecule has 0 spiro atoms. The van der Waals surface area contributed by atoms with Crippen LogP contribution in [0.2, 0.25) is 0 Å². The molecule has 3 amide bonds. The van der Waals surface area contributed by atoms with Crippen molar-refractivity contribution < 1.29 is 23.5 Å². The Morgan fingerprint density at radius 3 is 2.66 bits per heavy atom. The molecule has 2 saturated heterocycles. The van der Waals surface area contributed by atoms with Crippen molar-refractivity contribution in [1.82, 2.24) is 14.4 Å². The fourth-order valence-corrected chi connectivity index (χ4v) is 4.02. The highest BCUT2D eigenvalue weighted by Gasteiger charge is 2.37. The predicted octanol–water partition coefficient (Wildman–Crippen LogP) is 2.51. The summed E-state index contributed by atoms with van der Waals surface area (Å²) in [7, 11) is 0. The van der Waals surface area contributed by atoms with Crippen molar-refractivity contribution in [2.45, 2.75) is 0 Å². The molecule has 1 aromatic carbocycles. The van der Waals surface area contributed by atoms with E-state index >= 15 is 0 Å². The van der Waals surface area contributed by atoms with Gasteiger partial charge in [0.25, 0.3) is 11.1 Å². The Kier molecular flexibility index (Phi) is 5.50. The number of para-hydroxylation sites is 1. The zero-order valence-corrected chi connectivity index (χ0v) is 16.2. The average Bonchev–Trinajstić information content (AvgIpc) is 3.29. The van der Waals surface area contributed by atoms with E-state index in [1.807, 2.05) is 0 Å². The minimum Gasteiger partial charge on any atom is -0.378 e. The molecule has 3 heterocycles. The molecule has 0 N–H and O–H groups in total. The van der Waals surface area contributed by atoms with E-state index in [0.717, 1.165) is 16.7 Å². The number of hydrogen-bond acceptors (Lipinski definition) is 5. The average molecular weight is 415 g/mol. The van der Waals surface area contributed by atoms with Gasteiger partial charge in [-0.2, -0.15) is 0 Å². The van der Waals surface area contributed by atoms with Crippen molar-refractivity contribution in [2.24, 2.45) is 0 Å².